The van der Waals surface area contributed by atoms with E-state index in [1.165, 1.54) is 0 Å². The summed E-state index contributed by atoms with van der Waals surface area (Å²) in [5.74, 6) is 0.630. The summed E-state index contributed by atoms with van der Waals surface area (Å²) in [6, 6.07) is 14.2. The maximum absolute atomic E-state index is 12.3. The summed E-state index contributed by atoms with van der Waals surface area (Å²) >= 11 is 0. The highest BCUT2D eigenvalue weighted by Gasteiger charge is 2.29. The third kappa shape index (κ3) is 3.96. The van der Waals surface area contributed by atoms with Crippen molar-refractivity contribution in [1.82, 2.24) is 15.5 Å². The smallest absolute Gasteiger partial charge is 0.251 e. The van der Waals surface area contributed by atoms with E-state index in [1.54, 1.807) is 24.3 Å². The molecule has 1 amide bonds. The summed E-state index contributed by atoms with van der Waals surface area (Å²) in [5, 5.41) is 10.9. The van der Waals surface area contributed by atoms with E-state index >= 15 is 0 Å². The van der Waals surface area contributed by atoms with Gasteiger partial charge in [0, 0.05) is 22.7 Å². The lowest BCUT2D eigenvalue weighted by Crippen LogP contribution is -2.35. The topological polar surface area (TPSA) is 102 Å². The minimum absolute atomic E-state index is 0.000541. The number of carbonyl (C=O) groups excluding carboxylic acids is 1. The molecule has 28 heavy (non-hydrogen) atoms. The van der Waals surface area contributed by atoms with E-state index in [1.807, 2.05) is 31.2 Å². The molecule has 3 aromatic rings. The Morgan fingerprint density at radius 2 is 1.79 bits per heavy atom. The van der Waals surface area contributed by atoms with Gasteiger partial charge < -0.3 is 9.73 Å². The first kappa shape index (κ1) is 18.4. The first-order chi connectivity index (χ1) is 13.4. The Morgan fingerprint density at radius 3 is 2.43 bits per heavy atom. The zero-order chi connectivity index (χ0) is 19.7. The molecule has 1 atom stereocenters. The second-order valence-corrected chi connectivity index (χ2v) is 9.16. The summed E-state index contributed by atoms with van der Waals surface area (Å²) in [6.07, 6.45) is 0.454. The van der Waals surface area contributed by atoms with Crippen molar-refractivity contribution in [2.45, 2.75) is 19.4 Å². The van der Waals surface area contributed by atoms with Crippen LogP contribution in [0.25, 0.3) is 22.9 Å². The Balaban J connectivity index is 1.47. The molecule has 144 valence electrons. The fourth-order valence-electron chi connectivity index (χ4n) is 3.18. The maximum Gasteiger partial charge on any atom is 0.251 e. The third-order valence-electron chi connectivity index (χ3n) is 4.65. The van der Waals surface area contributed by atoms with Crippen LogP contribution in [0.3, 0.4) is 0 Å². The zero-order valence-corrected chi connectivity index (χ0v) is 16.1. The van der Waals surface area contributed by atoms with Gasteiger partial charge in [-0.05, 0) is 49.7 Å². The van der Waals surface area contributed by atoms with Crippen molar-refractivity contribution in [2.24, 2.45) is 0 Å². The number of nitrogens with zero attached hydrogens (tertiary/aromatic N) is 2. The Bertz CT molecular complexity index is 1120. The van der Waals surface area contributed by atoms with Crippen molar-refractivity contribution in [3.63, 3.8) is 0 Å². The summed E-state index contributed by atoms with van der Waals surface area (Å²) in [5.41, 5.74) is 3.10. The fraction of sp³-hybridized carbons (Fsp3) is 0.250. The molecule has 0 bridgehead atoms. The molecule has 0 radical (unpaired) electrons. The number of sulfone groups is 1. The van der Waals surface area contributed by atoms with Crippen LogP contribution in [-0.4, -0.2) is 42.1 Å². The lowest BCUT2D eigenvalue weighted by molar-refractivity contribution is 0.0941. The van der Waals surface area contributed by atoms with Gasteiger partial charge in [0.1, 0.15) is 0 Å². The average Bonchev–Trinajstić information content (AvgIpc) is 3.28. The lowest BCUT2D eigenvalue weighted by Gasteiger charge is -2.10. The van der Waals surface area contributed by atoms with Crippen molar-refractivity contribution < 1.29 is 17.6 Å². The van der Waals surface area contributed by atoms with E-state index < -0.39 is 9.84 Å². The van der Waals surface area contributed by atoms with Crippen molar-refractivity contribution in [3.05, 3.63) is 59.7 Å². The predicted molar refractivity (Wildman–Crippen MR) is 104 cm³/mol. The summed E-state index contributed by atoms with van der Waals surface area (Å²) in [4.78, 5) is 12.3. The molecule has 1 aliphatic rings. The molecule has 4 rings (SSSR count). The van der Waals surface area contributed by atoms with Crippen LogP contribution in [-0.2, 0) is 9.84 Å². The molecule has 1 unspecified atom stereocenters. The van der Waals surface area contributed by atoms with Crippen LogP contribution in [0.1, 0.15) is 22.3 Å². The molecule has 8 heteroatoms. The molecule has 1 fully saturated rings. The molecule has 7 nitrogen and oxygen atoms in total. The Hall–Kier alpha value is -3.00. The SMILES string of the molecule is Cc1cccc(-c2nnc(-c3ccc(C(=O)NC4CCS(=O)(=O)C4)cc3)o2)c1. The average molecular weight is 397 g/mol. The van der Waals surface area contributed by atoms with Gasteiger partial charge in [0.15, 0.2) is 9.84 Å². The Labute approximate surface area is 162 Å². The second-order valence-electron chi connectivity index (χ2n) is 6.93. The van der Waals surface area contributed by atoms with Crippen LogP contribution in [0.4, 0.5) is 0 Å². The molecule has 1 aliphatic heterocycles. The Morgan fingerprint density at radius 1 is 1.07 bits per heavy atom. The van der Waals surface area contributed by atoms with Crippen molar-refractivity contribution in [3.8, 4) is 22.9 Å². The standard InChI is InChI=1S/C20H19N3O4S/c1-13-3-2-4-16(11-13)20-23-22-19(27-20)15-7-5-14(6-8-15)18(24)21-17-9-10-28(25,26)12-17/h2-8,11,17H,9-10,12H2,1H3,(H,21,24). The van der Waals surface area contributed by atoms with Gasteiger partial charge in [0.05, 0.1) is 11.5 Å². The van der Waals surface area contributed by atoms with E-state index in [9.17, 15) is 13.2 Å². The highest BCUT2D eigenvalue weighted by atomic mass is 32.2. The van der Waals surface area contributed by atoms with Gasteiger partial charge in [0.25, 0.3) is 5.91 Å². The number of hydrogen-bond acceptors (Lipinski definition) is 6. The second kappa shape index (κ2) is 7.20. The minimum Gasteiger partial charge on any atom is -0.416 e. The fourth-order valence-corrected chi connectivity index (χ4v) is 4.85. The predicted octanol–water partition coefficient (Wildman–Crippen LogP) is 2.63. The molecule has 2 heterocycles. The highest BCUT2D eigenvalue weighted by molar-refractivity contribution is 7.91. The van der Waals surface area contributed by atoms with E-state index in [4.69, 9.17) is 4.42 Å². The molecule has 1 aromatic heterocycles. The number of carbonyl (C=O) groups is 1. The largest absolute Gasteiger partial charge is 0.416 e. The monoisotopic (exact) mass is 397 g/mol. The molecular formula is C20H19N3O4S. The molecule has 1 N–H and O–H groups in total. The summed E-state index contributed by atoms with van der Waals surface area (Å²) < 4.78 is 28.8. The maximum atomic E-state index is 12.3. The van der Waals surface area contributed by atoms with Gasteiger partial charge >= 0.3 is 0 Å². The van der Waals surface area contributed by atoms with Gasteiger partial charge in [-0.2, -0.15) is 0 Å². The van der Waals surface area contributed by atoms with Crippen LogP contribution < -0.4 is 5.32 Å². The van der Waals surface area contributed by atoms with Crippen LogP contribution in [0.2, 0.25) is 0 Å². The number of aryl methyl sites for hydroxylation is 1. The molecule has 1 saturated heterocycles. The lowest BCUT2D eigenvalue weighted by atomic mass is 10.1. The van der Waals surface area contributed by atoms with Crippen molar-refractivity contribution in [2.75, 3.05) is 11.5 Å². The molecule has 2 aromatic carbocycles. The number of nitrogens with one attached hydrogen (secondary N) is 1. The van der Waals surface area contributed by atoms with Gasteiger partial charge in [-0.1, -0.05) is 17.7 Å². The van der Waals surface area contributed by atoms with Gasteiger partial charge in [-0.25, -0.2) is 8.42 Å². The zero-order valence-electron chi connectivity index (χ0n) is 15.3. The van der Waals surface area contributed by atoms with Crippen LogP contribution in [0, 0.1) is 6.92 Å². The number of benzene rings is 2. The number of amides is 1. The summed E-state index contributed by atoms with van der Waals surface area (Å²) in [6.45, 7) is 1.99. The first-order valence-corrected chi connectivity index (χ1v) is 10.7. The Kier molecular flexibility index (Phi) is 4.72. The quantitative estimate of drug-likeness (QED) is 0.726. The van der Waals surface area contributed by atoms with Crippen molar-refractivity contribution >= 4 is 15.7 Å². The summed E-state index contributed by atoms with van der Waals surface area (Å²) in [7, 11) is -3.03. The van der Waals surface area contributed by atoms with E-state index in [0.717, 1.165) is 11.1 Å². The van der Waals surface area contributed by atoms with E-state index in [2.05, 4.69) is 15.5 Å². The molecule has 0 aliphatic carbocycles. The van der Waals surface area contributed by atoms with Gasteiger partial charge in [-0.3, -0.25) is 4.79 Å². The highest BCUT2D eigenvalue weighted by Crippen LogP contribution is 2.24. The number of rotatable bonds is 4. The van der Waals surface area contributed by atoms with Crippen LogP contribution in [0.15, 0.2) is 52.9 Å². The van der Waals surface area contributed by atoms with Crippen LogP contribution >= 0.6 is 0 Å². The van der Waals surface area contributed by atoms with E-state index in [0.29, 0.717) is 29.3 Å². The van der Waals surface area contributed by atoms with Crippen LogP contribution in [0.5, 0.6) is 0 Å². The van der Waals surface area contributed by atoms with Gasteiger partial charge in [-0.15, -0.1) is 10.2 Å². The van der Waals surface area contributed by atoms with E-state index in [-0.39, 0.29) is 23.5 Å². The number of hydrogen-bond donors (Lipinski definition) is 1. The van der Waals surface area contributed by atoms with Crippen molar-refractivity contribution in [1.29, 1.82) is 0 Å². The number of aromatic nitrogens is 2. The molecule has 0 saturated carbocycles. The minimum atomic E-state index is -3.03. The molecule has 0 spiro atoms. The third-order valence-corrected chi connectivity index (χ3v) is 6.42. The normalized spacial score (nSPS) is 18.1. The van der Waals surface area contributed by atoms with Gasteiger partial charge in [0.2, 0.25) is 11.8 Å². The molecular weight excluding hydrogens is 378 g/mol. The first-order valence-electron chi connectivity index (χ1n) is 8.92.